The molecule has 0 aliphatic heterocycles. The molecule has 2 aromatic carbocycles. The normalized spacial score (nSPS) is 10.7. The average molecular weight is 296 g/mol. The highest BCUT2D eigenvalue weighted by atomic mass is 16.2. The van der Waals surface area contributed by atoms with Gasteiger partial charge in [0.2, 0.25) is 5.91 Å². The summed E-state index contributed by atoms with van der Waals surface area (Å²) in [5, 5.41) is 2.96. The zero-order valence-corrected chi connectivity index (χ0v) is 13.4. The number of hydrogen-bond acceptors (Lipinski definition) is 2. The standard InChI is InChI=1S/C19H24N2O/c1-3-16-10-12-18(13-11-16)20-19(22)15-21(4-2)14-17-8-6-5-7-9-17/h5-13H,3-4,14-15H2,1-2H3,(H,20,22). The summed E-state index contributed by atoms with van der Waals surface area (Å²) in [5.41, 5.74) is 3.36. The lowest BCUT2D eigenvalue weighted by molar-refractivity contribution is -0.117. The Morgan fingerprint density at radius 3 is 2.23 bits per heavy atom. The number of nitrogens with one attached hydrogen (secondary N) is 1. The van der Waals surface area contributed by atoms with E-state index in [4.69, 9.17) is 0 Å². The van der Waals surface area contributed by atoms with Gasteiger partial charge in [-0.2, -0.15) is 0 Å². The first-order chi connectivity index (χ1) is 10.7. The summed E-state index contributed by atoms with van der Waals surface area (Å²) in [6.45, 7) is 6.24. The predicted molar refractivity (Wildman–Crippen MR) is 91.8 cm³/mol. The van der Waals surface area contributed by atoms with E-state index in [1.807, 2.05) is 30.3 Å². The summed E-state index contributed by atoms with van der Waals surface area (Å²) < 4.78 is 0. The van der Waals surface area contributed by atoms with Crippen molar-refractivity contribution < 1.29 is 4.79 Å². The summed E-state index contributed by atoms with van der Waals surface area (Å²) >= 11 is 0. The molecule has 0 spiro atoms. The molecule has 2 aromatic rings. The average Bonchev–Trinajstić information content (AvgIpc) is 2.56. The smallest absolute Gasteiger partial charge is 0.238 e. The van der Waals surface area contributed by atoms with Crippen LogP contribution in [-0.4, -0.2) is 23.9 Å². The molecule has 22 heavy (non-hydrogen) atoms. The molecular formula is C19H24N2O. The SMILES string of the molecule is CCc1ccc(NC(=O)CN(CC)Cc2ccccc2)cc1. The van der Waals surface area contributed by atoms with Gasteiger partial charge in [-0.25, -0.2) is 0 Å². The fourth-order valence-corrected chi connectivity index (χ4v) is 2.35. The number of anilines is 1. The van der Waals surface area contributed by atoms with E-state index in [-0.39, 0.29) is 5.91 Å². The predicted octanol–water partition coefficient (Wildman–Crippen LogP) is 3.71. The highest BCUT2D eigenvalue weighted by molar-refractivity contribution is 5.92. The van der Waals surface area contributed by atoms with E-state index in [0.717, 1.165) is 25.2 Å². The van der Waals surface area contributed by atoms with Crippen molar-refractivity contribution in [3.63, 3.8) is 0 Å². The van der Waals surface area contributed by atoms with E-state index in [1.165, 1.54) is 11.1 Å². The third-order valence-electron chi connectivity index (χ3n) is 3.71. The van der Waals surface area contributed by atoms with Crippen LogP contribution in [0.4, 0.5) is 5.69 Å². The van der Waals surface area contributed by atoms with Gasteiger partial charge in [0.25, 0.3) is 0 Å². The van der Waals surface area contributed by atoms with Gasteiger partial charge in [-0.1, -0.05) is 56.3 Å². The van der Waals surface area contributed by atoms with Crippen LogP contribution in [0, 0.1) is 0 Å². The van der Waals surface area contributed by atoms with E-state index in [0.29, 0.717) is 6.54 Å². The summed E-state index contributed by atoms with van der Waals surface area (Å²) in [4.78, 5) is 14.3. The fraction of sp³-hybridized carbons (Fsp3) is 0.316. The second-order valence-electron chi connectivity index (χ2n) is 5.39. The second kappa shape index (κ2) is 8.35. The number of carbonyl (C=O) groups excluding carboxylic acids is 1. The lowest BCUT2D eigenvalue weighted by atomic mass is 10.1. The van der Waals surface area contributed by atoms with Crippen molar-refractivity contribution in [1.82, 2.24) is 4.90 Å². The molecule has 0 atom stereocenters. The first kappa shape index (κ1) is 16.2. The van der Waals surface area contributed by atoms with Gasteiger partial charge < -0.3 is 5.32 Å². The molecule has 0 heterocycles. The first-order valence-electron chi connectivity index (χ1n) is 7.86. The number of likely N-dealkylation sites (N-methyl/N-ethyl adjacent to an activating group) is 1. The third-order valence-corrected chi connectivity index (χ3v) is 3.71. The van der Waals surface area contributed by atoms with Crippen LogP contribution in [0.15, 0.2) is 54.6 Å². The maximum atomic E-state index is 12.2. The topological polar surface area (TPSA) is 32.3 Å². The van der Waals surface area contributed by atoms with Gasteiger partial charge in [0.15, 0.2) is 0 Å². The van der Waals surface area contributed by atoms with Crippen molar-refractivity contribution in [3.05, 3.63) is 65.7 Å². The number of amides is 1. The third kappa shape index (κ3) is 5.01. The number of hydrogen-bond donors (Lipinski definition) is 1. The minimum Gasteiger partial charge on any atom is -0.325 e. The van der Waals surface area contributed by atoms with Crippen molar-refractivity contribution in [3.8, 4) is 0 Å². The van der Waals surface area contributed by atoms with Crippen molar-refractivity contribution in [2.45, 2.75) is 26.8 Å². The van der Waals surface area contributed by atoms with E-state index in [9.17, 15) is 4.79 Å². The highest BCUT2D eigenvalue weighted by Crippen LogP contribution is 2.10. The molecule has 116 valence electrons. The molecule has 0 aliphatic rings. The molecule has 0 aliphatic carbocycles. The van der Waals surface area contributed by atoms with E-state index < -0.39 is 0 Å². The summed E-state index contributed by atoms with van der Waals surface area (Å²) in [7, 11) is 0. The molecule has 3 heteroatoms. The number of benzene rings is 2. The van der Waals surface area contributed by atoms with Crippen LogP contribution in [0.2, 0.25) is 0 Å². The number of nitrogens with zero attached hydrogens (tertiary/aromatic N) is 1. The monoisotopic (exact) mass is 296 g/mol. The number of rotatable bonds is 7. The van der Waals surface area contributed by atoms with E-state index >= 15 is 0 Å². The van der Waals surface area contributed by atoms with Crippen molar-refractivity contribution in [2.75, 3.05) is 18.4 Å². The molecule has 0 aromatic heterocycles. The molecule has 1 amide bonds. The van der Waals surface area contributed by atoms with E-state index in [2.05, 4.69) is 48.3 Å². The molecule has 0 saturated heterocycles. The molecule has 0 unspecified atom stereocenters. The molecule has 0 bridgehead atoms. The molecule has 1 N–H and O–H groups in total. The van der Waals surface area contributed by atoms with Crippen LogP contribution < -0.4 is 5.32 Å². The molecule has 2 rings (SSSR count). The van der Waals surface area contributed by atoms with Crippen LogP contribution >= 0.6 is 0 Å². The Balaban J connectivity index is 1.88. The minimum atomic E-state index is 0.0297. The molecule has 0 saturated carbocycles. The Bertz CT molecular complexity index is 578. The molecular weight excluding hydrogens is 272 g/mol. The molecule has 3 nitrogen and oxygen atoms in total. The summed E-state index contributed by atoms with van der Waals surface area (Å²) in [6, 6.07) is 18.3. The Labute approximate surface area is 133 Å². The van der Waals surface area contributed by atoms with Gasteiger partial charge in [-0.15, -0.1) is 0 Å². The number of aryl methyl sites for hydroxylation is 1. The lowest BCUT2D eigenvalue weighted by Gasteiger charge is -2.20. The van der Waals surface area contributed by atoms with Crippen LogP contribution in [0.1, 0.15) is 25.0 Å². The Morgan fingerprint density at radius 1 is 0.955 bits per heavy atom. The fourth-order valence-electron chi connectivity index (χ4n) is 2.35. The van der Waals surface area contributed by atoms with Gasteiger partial charge in [-0.3, -0.25) is 9.69 Å². The lowest BCUT2D eigenvalue weighted by Crippen LogP contribution is -2.32. The Kier molecular flexibility index (Phi) is 6.16. The summed E-state index contributed by atoms with van der Waals surface area (Å²) in [5.74, 6) is 0.0297. The zero-order valence-electron chi connectivity index (χ0n) is 13.4. The largest absolute Gasteiger partial charge is 0.325 e. The molecule has 0 radical (unpaired) electrons. The van der Waals surface area contributed by atoms with Crippen LogP contribution in [0.5, 0.6) is 0 Å². The number of carbonyl (C=O) groups is 1. The Hall–Kier alpha value is -2.13. The maximum Gasteiger partial charge on any atom is 0.238 e. The maximum absolute atomic E-state index is 12.2. The quantitative estimate of drug-likeness (QED) is 0.844. The first-order valence-corrected chi connectivity index (χ1v) is 7.86. The minimum absolute atomic E-state index is 0.0297. The van der Waals surface area contributed by atoms with Crippen LogP contribution in [-0.2, 0) is 17.8 Å². The van der Waals surface area contributed by atoms with Crippen molar-refractivity contribution >= 4 is 11.6 Å². The van der Waals surface area contributed by atoms with Gasteiger partial charge in [0.1, 0.15) is 0 Å². The van der Waals surface area contributed by atoms with Gasteiger partial charge in [0, 0.05) is 12.2 Å². The van der Waals surface area contributed by atoms with E-state index in [1.54, 1.807) is 0 Å². The van der Waals surface area contributed by atoms with Gasteiger partial charge in [-0.05, 0) is 36.2 Å². The highest BCUT2D eigenvalue weighted by Gasteiger charge is 2.09. The van der Waals surface area contributed by atoms with Gasteiger partial charge in [0.05, 0.1) is 6.54 Å². The molecule has 0 fully saturated rings. The summed E-state index contributed by atoms with van der Waals surface area (Å²) in [6.07, 6.45) is 1.01. The van der Waals surface area contributed by atoms with Crippen LogP contribution in [0.3, 0.4) is 0 Å². The van der Waals surface area contributed by atoms with Crippen molar-refractivity contribution in [2.24, 2.45) is 0 Å². The van der Waals surface area contributed by atoms with Gasteiger partial charge >= 0.3 is 0 Å². The Morgan fingerprint density at radius 2 is 1.64 bits per heavy atom. The van der Waals surface area contributed by atoms with Crippen molar-refractivity contribution in [1.29, 1.82) is 0 Å². The zero-order chi connectivity index (χ0) is 15.8. The second-order valence-corrected chi connectivity index (χ2v) is 5.39. The van der Waals surface area contributed by atoms with Crippen LogP contribution in [0.25, 0.3) is 0 Å².